The highest BCUT2D eigenvalue weighted by Crippen LogP contribution is 2.02. The molecule has 1 fully saturated rings. The van der Waals surface area contributed by atoms with Gasteiger partial charge in [-0.15, -0.1) is 0 Å². The summed E-state index contributed by atoms with van der Waals surface area (Å²) < 4.78 is 24.1. The molecule has 1 aliphatic rings. The third-order valence-electron chi connectivity index (χ3n) is 2.73. The molecule has 0 aromatic rings. The van der Waals surface area contributed by atoms with Crippen molar-refractivity contribution in [3.8, 4) is 0 Å². The molecule has 0 saturated carbocycles. The van der Waals surface area contributed by atoms with Gasteiger partial charge in [-0.2, -0.15) is 0 Å². The van der Waals surface area contributed by atoms with E-state index < -0.39 is 11.4 Å². The van der Waals surface area contributed by atoms with Gasteiger partial charge in [-0.3, -0.25) is 0 Å². The second-order valence-electron chi connectivity index (χ2n) is 4.05. The third-order valence-corrected chi connectivity index (χ3v) is 2.73. The fourth-order valence-electron chi connectivity index (χ4n) is 1.83. The van der Waals surface area contributed by atoms with E-state index in [1.807, 2.05) is 0 Å². The SMILES string of the molecule is O=S([O-])O.OCCCN1CCN(CCCO)CC1. The first kappa shape index (κ1) is 17.9. The maximum Gasteiger partial charge on any atom is 0.0814 e. The van der Waals surface area contributed by atoms with Gasteiger partial charge in [0, 0.05) is 52.5 Å². The lowest BCUT2D eigenvalue weighted by Crippen LogP contribution is -2.46. The van der Waals surface area contributed by atoms with Gasteiger partial charge in [0.15, 0.2) is 0 Å². The largest absolute Gasteiger partial charge is 0.750 e. The second kappa shape index (κ2) is 12.0. The van der Waals surface area contributed by atoms with Crippen LogP contribution < -0.4 is 0 Å². The summed E-state index contributed by atoms with van der Waals surface area (Å²) in [5.41, 5.74) is 0. The zero-order valence-electron chi connectivity index (χ0n) is 10.5. The first-order valence-electron chi connectivity index (χ1n) is 6.05. The molecule has 7 nitrogen and oxygen atoms in total. The summed E-state index contributed by atoms with van der Waals surface area (Å²) in [6.45, 7) is 7.04. The maximum absolute atomic E-state index is 8.70. The highest BCUT2D eigenvalue weighted by atomic mass is 32.2. The number of hydrogen-bond donors (Lipinski definition) is 3. The van der Waals surface area contributed by atoms with Crippen LogP contribution in [0.1, 0.15) is 12.8 Å². The van der Waals surface area contributed by atoms with Crippen LogP contribution in [0.3, 0.4) is 0 Å². The maximum atomic E-state index is 8.70. The number of aliphatic hydroxyl groups is 2. The van der Waals surface area contributed by atoms with Gasteiger partial charge in [0.1, 0.15) is 0 Å². The smallest absolute Gasteiger partial charge is 0.0814 e. The molecule has 1 aliphatic heterocycles. The zero-order valence-corrected chi connectivity index (χ0v) is 11.3. The Balaban J connectivity index is 0.000000631. The Morgan fingerprint density at radius 2 is 1.22 bits per heavy atom. The van der Waals surface area contributed by atoms with Crippen molar-refractivity contribution in [2.45, 2.75) is 12.8 Å². The molecular weight excluding hydrogens is 260 g/mol. The van der Waals surface area contributed by atoms with Crippen molar-refractivity contribution in [1.82, 2.24) is 9.80 Å². The highest BCUT2D eigenvalue weighted by Gasteiger charge is 2.15. The van der Waals surface area contributed by atoms with Crippen molar-refractivity contribution < 1.29 is 23.5 Å². The summed E-state index contributed by atoms with van der Waals surface area (Å²) in [6.07, 6.45) is 1.77. The van der Waals surface area contributed by atoms with Crippen molar-refractivity contribution in [1.29, 1.82) is 0 Å². The van der Waals surface area contributed by atoms with Crippen LogP contribution in [0.2, 0.25) is 0 Å². The van der Waals surface area contributed by atoms with E-state index in [-0.39, 0.29) is 0 Å². The second-order valence-corrected chi connectivity index (χ2v) is 4.49. The predicted octanol–water partition coefficient (Wildman–Crippen LogP) is -1.29. The van der Waals surface area contributed by atoms with E-state index >= 15 is 0 Å². The van der Waals surface area contributed by atoms with Crippen molar-refractivity contribution in [3.05, 3.63) is 0 Å². The van der Waals surface area contributed by atoms with Gasteiger partial charge in [0.2, 0.25) is 0 Å². The summed E-state index contributed by atoms with van der Waals surface area (Å²) in [6, 6.07) is 0. The topological polar surface area (TPSA) is 107 Å². The molecule has 110 valence electrons. The van der Waals surface area contributed by atoms with Crippen molar-refractivity contribution in [2.75, 3.05) is 52.5 Å². The molecule has 0 aliphatic carbocycles. The number of rotatable bonds is 6. The van der Waals surface area contributed by atoms with Crippen molar-refractivity contribution in [3.63, 3.8) is 0 Å². The molecule has 0 bridgehead atoms. The number of nitrogens with zero attached hydrogens (tertiary/aromatic N) is 2. The van der Waals surface area contributed by atoms with Gasteiger partial charge < -0.3 is 29.1 Å². The van der Waals surface area contributed by atoms with Crippen LogP contribution in [0.5, 0.6) is 0 Å². The minimum absolute atomic E-state index is 0.296. The first-order valence-corrected chi connectivity index (χ1v) is 7.08. The van der Waals surface area contributed by atoms with E-state index in [1.165, 1.54) is 0 Å². The van der Waals surface area contributed by atoms with Gasteiger partial charge >= 0.3 is 0 Å². The summed E-state index contributed by atoms with van der Waals surface area (Å²) in [5, 5.41) is 17.4. The first-order chi connectivity index (χ1) is 8.60. The van der Waals surface area contributed by atoms with Crippen LogP contribution in [-0.2, 0) is 11.4 Å². The Kier molecular flexibility index (Phi) is 11.9. The number of hydrogen-bond acceptors (Lipinski definition) is 6. The fraction of sp³-hybridized carbons (Fsp3) is 1.00. The summed E-state index contributed by atoms with van der Waals surface area (Å²) >= 11 is -2.86. The van der Waals surface area contributed by atoms with E-state index in [0.29, 0.717) is 13.2 Å². The fourth-order valence-corrected chi connectivity index (χ4v) is 1.83. The van der Waals surface area contributed by atoms with E-state index in [2.05, 4.69) is 9.80 Å². The summed E-state index contributed by atoms with van der Waals surface area (Å²) in [4.78, 5) is 4.79. The summed E-state index contributed by atoms with van der Waals surface area (Å²) in [7, 11) is 0. The molecule has 18 heavy (non-hydrogen) atoms. The van der Waals surface area contributed by atoms with Crippen LogP contribution in [0.15, 0.2) is 0 Å². The van der Waals surface area contributed by atoms with Gasteiger partial charge in [-0.25, -0.2) is 4.21 Å². The lowest BCUT2D eigenvalue weighted by molar-refractivity contribution is 0.118. The molecule has 0 radical (unpaired) electrons. The summed E-state index contributed by atoms with van der Waals surface area (Å²) in [5.74, 6) is 0. The Hall–Kier alpha value is -0.0900. The Bertz CT molecular complexity index is 192. The van der Waals surface area contributed by atoms with Crippen LogP contribution in [-0.4, -0.2) is 85.8 Å². The quantitative estimate of drug-likeness (QED) is 0.520. The van der Waals surface area contributed by atoms with Gasteiger partial charge in [0.05, 0.1) is 11.4 Å². The molecule has 0 aromatic carbocycles. The van der Waals surface area contributed by atoms with Gasteiger partial charge in [-0.05, 0) is 12.8 Å². The van der Waals surface area contributed by atoms with Crippen LogP contribution in [0.4, 0.5) is 0 Å². The van der Waals surface area contributed by atoms with Crippen LogP contribution in [0.25, 0.3) is 0 Å². The Labute approximate surface area is 111 Å². The molecule has 0 amide bonds. The molecule has 0 aromatic heterocycles. The van der Waals surface area contributed by atoms with Crippen molar-refractivity contribution >= 4 is 11.4 Å². The molecule has 3 N–H and O–H groups in total. The van der Waals surface area contributed by atoms with Crippen LogP contribution >= 0.6 is 0 Å². The van der Waals surface area contributed by atoms with E-state index in [0.717, 1.165) is 52.1 Å². The highest BCUT2D eigenvalue weighted by molar-refractivity contribution is 7.73. The Morgan fingerprint density at radius 3 is 1.44 bits per heavy atom. The number of aliphatic hydroxyl groups excluding tert-OH is 2. The van der Waals surface area contributed by atoms with E-state index in [1.54, 1.807) is 0 Å². The van der Waals surface area contributed by atoms with E-state index in [9.17, 15) is 0 Å². The molecule has 1 unspecified atom stereocenters. The average molecular weight is 283 g/mol. The molecule has 1 saturated heterocycles. The standard InChI is InChI=1S/C10H22N2O2.H2O3S/c13-9-1-3-11-5-7-12(8-6-11)4-2-10-14;1-4(2)3/h13-14H,1-10H2;(H2,1,2,3)/p-1. The number of piperazine rings is 1. The van der Waals surface area contributed by atoms with E-state index in [4.69, 9.17) is 23.5 Å². The average Bonchev–Trinajstić information content (AvgIpc) is 2.34. The van der Waals surface area contributed by atoms with Gasteiger partial charge in [-0.1, -0.05) is 0 Å². The van der Waals surface area contributed by atoms with Crippen LogP contribution in [0, 0.1) is 0 Å². The lowest BCUT2D eigenvalue weighted by Gasteiger charge is -2.34. The Morgan fingerprint density at radius 1 is 0.944 bits per heavy atom. The minimum Gasteiger partial charge on any atom is -0.750 e. The lowest BCUT2D eigenvalue weighted by atomic mass is 10.2. The van der Waals surface area contributed by atoms with Crippen molar-refractivity contribution in [2.24, 2.45) is 0 Å². The molecule has 0 spiro atoms. The monoisotopic (exact) mass is 283 g/mol. The molecule has 1 atom stereocenters. The zero-order chi connectivity index (χ0) is 13.8. The molecule has 8 heteroatoms. The normalized spacial score (nSPS) is 19.1. The minimum atomic E-state index is -2.86. The molecule has 1 rings (SSSR count). The third kappa shape index (κ3) is 11.0. The molecule has 1 heterocycles. The van der Waals surface area contributed by atoms with Gasteiger partial charge in [0.25, 0.3) is 0 Å². The predicted molar refractivity (Wildman–Crippen MR) is 67.8 cm³/mol. The molecular formula is C10H23N2O5S-.